The third kappa shape index (κ3) is 5.02. The minimum atomic E-state index is 0.247. The van der Waals surface area contributed by atoms with Crippen LogP contribution in [0.3, 0.4) is 0 Å². The number of aryl methyl sites for hydroxylation is 1. The van der Waals surface area contributed by atoms with Crippen molar-refractivity contribution >= 4 is 5.91 Å². The van der Waals surface area contributed by atoms with Crippen molar-refractivity contribution in [1.29, 1.82) is 0 Å². The van der Waals surface area contributed by atoms with Crippen molar-refractivity contribution in [2.24, 2.45) is 0 Å². The summed E-state index contributed by atoms with van der Waals surface area (Å²) in [6, 6.07) is 23.3. The molecular formula is C27H32N2O. The summed E-state index contributed by atoms with van der Waals surface area (Å²) in [6.45, 7) is 3.70. The molecule has 0 bridgehead atoms. The van der Waals surface area contributed by atoms with E-state index in [0.717, 1.165) is 24.9 Å². The van der Waals surface area contributed by atoms with Gasteiger partial charge in [-0.3, -0.25) is 4.79 Å². The van der Waals surface area contributed by atoms with Crippen LogP contribution in [0.4, 0.5) is 0 Å². The van der Waals surface area contributed by atoms with Gasteiger partial charge in [-0.15, -0.1) is 0 Å². The van der Waals surface area contributed by atoms with Gasteiger partial charge in [-0.25, -0.2) is 0 Å². The van der Waals surface area contributed by atoms with Gasteiger partial charge in [0.25, 0.3) is 0 Å². The zero-order valence-corrected chi connectivity index (χ0v) is 18.0. The van der Waals surface area contributed by atoms with Crippen LogP contribution in [-0.4, -0.2) is 21.4 Å². The molecule has 3 nitrogen and oxygen atoms in total. The molecule has 3 heteroatoms. The molecule has 0 aliphatic heterocycles. The summed E-state index contributed by atoms with van der Waals surface area (Å²) in [5.41, 5.74) is 4.94. The normalized spacial score (nSPS) is 14.6. The van der Waals surface area contributed by atoms with Crippen molar-refractivity contribution in [3.8, 4) is 0 Å². The van der Waals surface area contributed by atoms with E-state index in [9.17, 15) is 4.79 Å². The Morgan fingerprint density at radius 2 is 1.67 bits per heavy atom. The van der Waals surface area contributed by atoms with E-state index in [4.69, 9.17) is 0 Å². The Morgan fingerprint density at radius 3 is 2.43 bits per heavy atom. The van der Waals surface area contributed by atoms with Crippen LogP contribution in [0.15, 0.2) is 72.9 Å². The van der Waals surface area contributed by atoms with Crippen LogP contribution >= 0.6 is 0 Å². The van der Waals surface area contributed by atoms with Gasteiger partial charge in [-0.1, -0.05) is 73.9 Å². The van der Waals surface area contributed by atoms with E-state index < -0.39 is 0 Å². The van der Waals surface area contributed by atoms with Gasteiger partial charge < -0.3 is 9.47 Å². The molecule has 156 valence electrons. The molecule has 1 fully saturated rings. The van der Waals surface area contributed by atoms with E-state index in [-0.39, 0.29) is 5.91 Å². The van der Waals surface area contributed by atoms with Crippen LogP contribution in [0.2, 0.25) is 0 Å². The Bertz CT molecular complexity index is 954. The number of hydrogen-bond acceptors (Lipinski definition) is 1. The quantitative estimate of drug-likeness (QED) is 0.496. The van der Waals surface area contributed by atoms with Gasteiger partial charge >= 0.3 is 0 Å². The Hall–Kier alpha value is -2.81. The highest BCUT2D eigenvalue weighted by atomic mass is 16.2. The maximum Gasteiger partial charge on any atom is 0.227 e. The SMILES string of the molecule is Cc1ccccc1Cn1cccc1CN(C(=O)Cc1ccccc1)C1CCCCC1. The van der Waals surface area contributed by atoms with Gasteiger partial charge in [0, 0.05) is 24.5 Å². The Labute approximate surface area is 180 Å². The van der Waals surface area contributed by atoms with E-state index in [1.165, 1.54) is 36.1 Å². The van der Waals surface area contributed by atoms with E-state index in [1.807, 2.05) is 18.2 Å². The number of carbonyl (C=O) groups is 1. The fraction of sp³-hybridized carbons (Fsp3) is 0.370. The van der Waals surface area contributed by atoms with Gasteiger partial charge in [0.15, 0.2) is 0 Å². The van der Waals surface area contributed by atoms with Crippen molar-refractivity contribution in [1.82, 2.24) is 9.47 Å². The van der Waals surface area contributed by atoms with Crippen LogP contribution in [0.5, 0.6) is 0 Å². The van der Waals surface area contributed by atoms with Crippen LogP contribution in [0.1, 0.15) is 54.5 Å². The number of rotatable bonds is 7. The van der Waals surface area contributed by atoms with Crippen molar-refractivity contribution in [3.05, 3.63) is 95.3 Å². The molecule has 0 radical (unpaired) electrons. The lowest BCUT2D eigenvalue weighted by molar-refractivity contribution is -0.134. The van der Waals surface area contributed by atoms with Crippen LogP contribution in [0.25, 0.3) is 0 Å². The zero-order valence-electron chi connectivity index (χ0n) is 18.0. The fourth-order valence-corrected chi connectivity index (χ4v) is 4.58. The van der Waals surface area contributed by atoms with Crippen molar-refractivity contribution in [2.75, 3.05) is 0 Å². The highest BCUT2D eigenvalue weighted by molar-refractivity contribution is 5.79. The molecule has 1 aromatic heterocycles. The molecule has 30 heavy (non-hydrogen) atoms. The molecule has 0 N–H and O–H groups in total. The molecular weight excluding hydrogens is 368 g/mol. The predicted octanol–water partition coefficient (Wildman–Crippen LogP) is 5.75. The fourth-order valence-electron chi connectivity index (χ4n) is 4.58. The first-order valence-electron chi connectivity index (χ1n) is 11.2. The molecule has 1 aliphatic carbocycles. The molecule has 1 heterocycles. The number of carbonyl (C=O) groups excluding carboxylic acids is 1. The van der Waals surface area contributed by atoms with Gasteiger partial charge in [-0.2, -0.15) is 0 Å². The summed E-state index contributed by atoms with van der Waals surface area (Å²) in [4.78, 5) is 15.5. The maximum atomic E-state index is 13.4. The summed E-state index contributed by atoms with van der Waals surface area (Å²) < 4.78 is 2.30. The van der Waals surface area contributed by atoms with Crippen LogP contribution in [-0.2, 0) is 24.3 Å². The molecule has 0 spiro atoms. The summed E-state index contributed by atoms with van der Waals surface area (Å²) in [5, 5.41) is 0. The molecule has 2 aromatic carbocycles. The third-order valence-corrected chi connectivity index (χ3v) is 6.39. The van der Waals surface area contributed by atoms with Crippen molar-refractivity contribution < 1.29 is 4.79 Å². The molecule has 0 saturated heterocycles. The maximum absolute atomic E-state index is 13.4. The molecule has 4 rings (SSSR count). The van der Waals surface area contributed by atoms with Gasteiger partial charge in [0.2, 0.25) is 5.91 Å². The van der Waals surface area contributed by atoms with Gasteiger partial charge in [-0.05, 0) is 48.6 Å². The van der Waals surface area contributed by atoms with Crippen molar-refractivity contribution in [2.45, 2.75) is 64.6 Å². The number of amides is 1. The van der Waals surface area contributed by atoms with E-state index in [1.54, 1.807) is 0 Å². The molecule has 1 aliphatic rings. The van der Waals surface area contributed by atoms with Crippen LogP contribution < -0.4 is 0 Å². The molecule has 0 atom stereocenters. The van der Waals surface area contributed by atoms with E-state index in [2.05, 4.69) is 71.1 Å². The Balaban J connectivity index is 1.54. The Kier molecular flexibility index (Phi) is 6.68. The number of aromatic nitrogens is 1. The van der Waals surface area contributed by atoms with Gasteiger partial charge in [0.05, 0.1) is 13.0 Å². The number of nitrogens with zero attached hydrogens (tertiary/aromatic N) is 2. The second kappa shape index (κ2) is 9.80. The highest BCUT2D eigenvalue weighted by Crippen LogP contribution is 2.25. The topological polar surface area (TPSA) is 25.2 Å². The average Bonchev–Trinajstić information content (AvgIpc) is 3.21. The van der Waals surface area contributed by atoms with Crippen molar-refractivity contribution in [3.63, 3.8) is 0 Å². The third-order valence-electron chi connectivity index (χ3n) is 6.39. The molecule has 0 unspecified atom stereocenters. The predicted molar refractivity (Wildman–Crippen MR) is 122 cm³/mol. The standard InChI is InChI=1S/C27H32N2O/c1-22-11-8-9-14-24(22)20-28-18-10-17-26(28)21-29(25-15-6-3-7-16-25)27(30)19-23-12-4-2-5-13-23/h2,4-5,8-14,17-18,25H,3,6-7,15-16,19-21H2,1H3. The smallest absolute Gasteiger partial charge is 0.227 e. The highest BCUT2D eigenvalue weighted by Gasteiger charge is 2.26. The minimum absolute atomic E-state index is 0.247. The molecule has 3 aromatic rings. The Morgan fingerprint density at radius 1 is 0.933 bits per heavy atom. The second-order valence-electron chi connectivity index (χ2n) is 8.53. The first kappa shape index (κ1) is 20.5. The number of hydrogen-bond donors (Lipinski definition) is 0. The van der Waals surface area contributed by atoms with Crippen LogP contribution in [0, 0.1) is 6.92 Å². The molecule has 1 amide bonds. The van der Waals surface area contributed by atoms with E-state index in [0.29, 0.717) is 19.0 Å². The summed E-state index contributed by atoms with van der Waals surface area (Å²) in [7, 11) is 0. The number of benzene rings is 2. The largest absolute Gasteiger partial charge is 0.345 e. The lowest BCUT2D eigenvalue weighted by atomic mass is 9.93. The monoisotopic (exact) mass is 400 g/mol. The summed E-state index contributed by atoms with van der Waals surface area (Å²) in [6.07, 6.45) is 8.62. The summed E-state index contributed by atoms with van der Waals surface area (Å²) >= 11 is 0. The summed E-state index contributed by atoms with van der Waals surface area (Å²) in [5.74, 6) is 0.247. The first-order valence-corrected chi connectivity index (χ1v) is 11.2. The van der Waals surface area contributed by atoms with Gasteiger partial charge in [0.1, 0.15) is 0 Å². The lowest BCUT2D eigenvalue weighted by Crippen LogP contribution is -2.42. The zero-order chi connectivity index (χ0) is 20.8. The van der Waals surface area contributed by atoms with E-state index >= 15 is 0 Å². The lowest BCUT2D eigenvalue weighted by Gasteiger charge is -2.35. The molecule has 1 saturated carbocycles. The average molecular weight is 401 g/mol. The first-order chi connectivity index (χ1) is 14.7. The minimum Gasteiger partial charge on any atom is -0.345 e. The second-order valence-corrected chi connectivity index (χ2v) is 8.53.